The van der Waals surface area contributed by atoms with Crippen LogP contribution in [0.4, 0.5) is 0 Å². The van der Waals surface area contributed by atoms with Crippen LogP contribution in [-0.2, 0) is 16.1 Å². The van der Waals surface area contributed by atoms with Crippen LogP contribution in [0.3, 0.4) is 0 Å². The highest BCUT2D eigenvalue weighted by molar-refractivity contribution is 9.18. The number of benzene rings is 1. The quantitative estimate of drug-likeness (QED) is 0.687. The van der Waals surface area contributed by atoms with Gasteiger partial charge in [0, 0.05) is 12.1 Å². The minimum absolute atomic E-state index is 0.0718. The molecule has 1 aromatic carbocycles. The van der Waals surface area contributed by atoms with Crippen molar-refractivity contribution in [2.45, 2.75) is 40.7 Å². The first kappa shape index (κ1) is 20.4. The first-order valence-corrected chi connectivity index (χ1v) is 8.86. The lowest BCUT2D eigenvalue weighted by molar-refractivity contribution is -0.127. The third-order valence-corrected chi connectivity index (χ3v) is 4.62. The predicted molar refractivity (Wildman–Crippen MR) is 99.9 cm³/mol. The van der Waals surface area contributed by atoms with Gasteiger partial charge >= 0.3 is 0 Å². The smallest absolute Gasteiger partial charge is 0.230 e. The van der Waals surface area contributed by atoms with Gasteiger partial charge in [-0.2, -0.15) is 0 Å². The monoisotopic (exact) mass is 395 g/mol. The topological polar surface area (TPSA) is 46.6 Å². The SMILES string of the molecule is CC(C)C(=O)Br.COc1ccc(CN2C=C(C(C)C)CC2=O)cc1. The molecule has 0 bridgehead atoms. The molecule has 2 rings (SSSR count). The molecule has 4 nitrogen and oxygen atoms in total. The Hall–Kier alpha value is -1.62. The van der Waals surface area contributed by atoms with Gasteiger partial charge in [-0.3, -0.25) is 9.59 Å². The fourth-order valence-electron chi connectivity index (χ4n) is 2.01. The van der Waals surface area contributed by atoms with Gasteiger partial charge in [-0.1, -0.05) is 39.8 Å². The van der Waals surface area contributed by atoms with Gasteiger partial charge in [-0.15, -0.1) is 0 Å². The number of halogens is 1. The standard InChI is InChI=1S/C15H19NO2.C4H7BrO/c1-11(2)13-8-15(17)16(10-13)9-12-4-6-14(18-3)7-5-12;1-3(2)4(5)6/h4-7,10-11H,8-9H2,1-3H3;3H,1-2H3. The highest BCUT2D eigenvalue weighted by Crippen LogP contribution is 2.24. The molecule has 0 radical (unpaired) electrons. The lowest BCUT2D eigenvalue weighted by Crippen LogP contribution is -2.20. The molecule has 0 fully saturated rings. The van der Waals surface area contributed by atoms with E-state index in [0.717, 1.165) is 11.3 Å². The molecular weight excluding hydrogens is 370 g/mol. The second kappa shape index (κ2) is 9.62. The summed E-state index contributed by atoms with van der Waals surface area (Å²) in [7, 11) is 1.65. The molecule has 1 heterocycles. The molecule has 1 aliphatic rings. The van der Waals surface area contributed by atoms with Crippen LogP contribution in [0.25, 0.3) is 0 Å². The van der Waals surface area contributed by atoms with Crippen molar-refractivity contribution < 1.29 is 14.3 Å². The Labute approximate surface area is 153 Å². The average molecular weight is 396 g/mol. The summed E-state index contributed by atoms with van der Waals surface area (Å²) in [6.45, 7) is 8.57. The van der Waals surface area contributed by atoms with Gasteiger partial charge in [0.05, 0.1) is 20.1 Å². The highest BCUT2D eigenvalue weighted by Gasteiger charge is 2.23. The van der Waals surface area contributed by atoms with E-state index in [1.807, 2.05) is 44.3 Å². The van der Waals surface area contributed by atoms with Gasteiger partial charge < -0.3 is 9.64 Å². The number of carbonyl (C=O) groups excluding carboxylic acids is 2. The first-order chi connectivity index (χ1) is 11.2. The number of hydrogen-bond acceptors (Lipinski definition) is 3. The summed E-state index contributed by atoms with van der Waals surface area (Å²) in [4.78, 5) is 23.7. The van der Waals surface area contributed by atoms with Crippen molar-refractivity contribution in [1.82, 2.24) is 4.90 Å². The maximum absolute atomic E-state index is 11.9. The zero-order valence-corrected chi connectivity index (χ0v) is 16.6. The van der Waals surface area contributed by atoms with E-state index in [0.29, 0.717) is 18.9 Å². The van der Waals surface area contributed by atoms with Gasteiger partial charge in [-0.05, 0) is 45.1 Å². The molecule has 1 aliphatic heterocycles. The minimum Gasteiger partial charge on any atom is -0.497 e. The summed E-state index contributed by atoms with van der Waals surface area (Å²) in [5, 5.41) is 0. The van der Waals surface area contributed by atoms with Crippen LogP contribution >= 0.6 is 15.9 Å². The van der Waals surface area contributed by atoms with Crippen LogP contribution < -0.4 is 4.74 Å². The fraction of sp³-hybridized carbons (Fsp3) is 0.474. The number of carbonyl (C=O) groups is 2. The van der Waals surface area contributed by atoms with E-state index < -0.39 is 0 Å². The van der Waals surface area contributed by atoms with Crippen LogP contribution in [-0.4, -0.2) is 22.6 Å². The van der Waals surface area contributed by atoms with Gasteiger partial charge in [0.1, 0.15) is 5.75 Å². The molecule has 0 saturated heterocycles. The number of methoxy groups -OCH3 is 1. The molecule has 1 aromatic rings. The molecule has 0 unspecified atom stereocenters. The molecule has 0 N–H and O–H groups in total. The summed E-state index contributed by atoms with van der Waals surface area (Å²) in [6.07, 6.45) is 2.56. The number of nitrogens with zero attached hydrogens (tertiary/aromatic N) is 1. The summed E-state index contributed by atoms with van der Waals surface area (Å²) in [5.41, 5.74) is 2.33. The molecular formula is C19H26BrNO3. The Bertz CT molecular complexity index is 591. The molecule has 0 spiro atoms. The molecule has 5 heteroatoms. The Morgan fingerprint density at radius 1 is 1.21 bits per heavy atom. The van der Waals surface area contributed by atoms with Crippen molar-refractivity contribution >= 4 is 26.5 Å². The van der Waals surface area contributed by atoms with Crippen LogP contribution in [0.15, 0.2) is 36.0 Å². The summed E-state index contributed by atoms with van der Waals surface area (Å²) >= 11 is 2.80. The number of rotatable bonds is 5. The zero-order valence-electron chi connectivity index (χ0n) is 15.0. The van der Waals surface area contributed by atoms with Crippen molar-refractivity contribution in [1.29, 1.82) is 0 Å². The Kier molecular flexibility index (Phi) is 8.19. The van der Waals surface area contributed by atoms with Gasteiger partial charge in [0.2, 0.25) is 5.91 Å². The van der Waals surface area contributed by atoms with E-state index in [-0.39, 0.29) is 16.5 Å². The second-order valence-corrected chi connectivity index (χ2v) is 7.15. The molecule has 0 atom stereocenters. The van der Waals surface area contributed by atoms with Crippen molar-refractivity contribution in [2.24, 2.45) is 11.8 Å². The summed E-state index contributed by atoms with van der Waals surface area (Å²) in [6, 6.07) is 7.83. The van der Waals surface area contributed by atoms with Crippen LogP contribution in [0.5, 0.6) is 5.75 Å². The van der Waals surface area contributed by atoms with Crippen molar-refractivity contribution in [2.75, 3.05) is 7.11 Å². The first-order valence-electron chi connectivity index (χ1n) is 8.07. The van der Waals surface area contributed by atoms with Gasteiger partial charge in [0.15, 0.2) is 4.69 Å². The Balaban J connectivity index is 0.000000413. The van der Waals surface area contributed by atoms with Crippen LogP contribution in [0.1, 0.15) is 39.7 Å². The van der Waals surface area contributed by atoms with Crippen LogP contribution in [0.2, 0.25) is 0 Å². The van der Waals surface area contributed by atoms with E-state index in [2.05, 4.69) is 29.8 Å². The fourth-order valence-corrected chi connectivity index (χ4v) is 2.01. The number of amides is 1. The number of hydrogen-bond donors (Lipinski definition) is 0. The van der Waals surface area contributed by atoms with Crippen molar-refractivity contribution in [3.05, 3.63) is 41.6 Å². The maximum Gasteiger partial charge on any atom is 0.230 e. The summed E-state index contributed by atoms with van der Waals surface area (Å²) < 4.78 is 5.19. The molecule has 24 heavy (non-hydrogen) atoms. The lowest BCUT2D eigenvalue weighted by Gasteiger charge is -2.13. The third kappa shape index (κ3) is 6.48. The van der Waals surface area contributed by atoms with Gasteiger partial charge in [-0.25, -0.2) is 0 Å². The summed E-state index contributed by atoms with van der Waals surface area (Å²) in [5.74, 6) is 1.60. The highest BCUT2D eigenvalue weighted by atomic mass is 79.9. The molecule has 132 valence electrons. The molecule has 0 aromatic heterocycles. The lowest BCUT2D eigenvalue weighted by atomic mass is 10.0. The molecule has 0 saturated carbocycles. The second-order valence-electron chi connectivity index (χ2n) is 6.36. The number of ether oxygens (including phenoxy) is 1. The molecule has 1 amide bonds. The zero-order chi connectivity index (χ0) is 18.3. The third-order valence-electron chi connectivity index (χ3n) is 3.70. The normalized spacial score (nSPS) is 13.8. The largest absolute Gasteiger partial charge is 0.497 e. The average Bonchev–Trinajstić information content (AvgIpc) is 2.90. The van der Waals surface area contributed by atoms with Crippen LogP contribution in [0, 0.1) is 11.8 Å². The Morgan fingerprint density at radius 2 is 1.75 bits per heavy atom. The van der Waals surface area contributed by atoms with E-state index in [1.54, 1.807) is 12.0 Å². The van der Waals surface area contributed by atoms with Gasteiger partial charge in [0.25, 0.3) is 0 Å². The molecule has 0 aliphatic carbocycles. The van der Waals surface area contributed by atoms with E-state index >= 15 is 0 Å². The van der Waals surface area contributed by atoms with E-state index in [4.69, 9.17) is 4.74 Å². The predicted octanol–water partition coefficient (Wildman–Crippen LogP) is 4.53. The van der Waals surface area contributed by atoms with Crippen molar-refractivity contribution in [3.63, 3.8) is 0 Å². The van der Waals surface area contributed by atoms with Crippen molar-refractivity contribution in [3.8, 4) is 5.75 Å². The Morgan fingerprint density at radius 3 is 2.12 bits per heavy atom. The maximum atomic E-state index is 11.9. The van der Waals surface area contributed by atoms with E-state index in [1.165, 1.54) is 5.57 Å². The minimum atomic E-state index is 0.0718. The van der Waals surface area contributed by atoms with E-state index in [9.17, 15) is 9.59 Å².